The highest BCUT2D eigenvalue weighted by Gasteiger charge is 2.22. The van der Waals surface area contributed by atoms with Crippen LogP contribution in [0, 0.1) is 0 Å². The smallest absolute Gasteiger partial charge is 0.361 e. The minimum atomic E-state index is -1.18. The standard InChI is InChI=1S/C19H16ClN5O4/c1-12(17(26)22-23-18(27)13-6-5-7-14(20)10-13)29-19(28)16-11-21-25(24-16)15-8-3-2-4-9-15/h2-12H,1H3,(H,22,26)(H,23,27)/t12-/m0/s1. The Balaban J connectivity index is 1.53. The van der Waals surface area contributed by atoms with E-state index in [2.05, 4.69) is 21.0 Å². The fourth-order valence-corrected chi connectivity index (χ4v) is 2.43. The highest BCUT2D eigenvalue weighted by molar-refractivity contribution is 6.30. The Hall–Kier alpha value is -3.72. The molecule has 0 aliphatic rings. The SMILES string of the molecule is C[C@H](OC(=O)c1cnn(-c2ccccc2)n1)C(=O)NNC(=O)c1cccc(Cl)c1. The van der Waals surface area contributed by atoms with Crippen LogP contribution in [0.15, 0.2) is 60.8 Å². The fraction of sp³-hybridized carbons (Fsp3) is 0.105. The van der Waals surface area contributed by atoms with E-state index in [1.54, 1.807) is 36.4 Å². The van der Waals surface area contributed by atoms with Crippen molar-refractivity contribution in [2.45, 2.75) is 13.0 Å². The van der Waals surface area contributed by atoms with Gasteiger partial charge in [-0.25, -0.2) is 4.79 Å². The van der Waals surface area contributed by atoms with Crippen molar-refractivity contribution in [1.29, 1.82) is 0 Å². The molecule has 9 nitrogen and oxygen atoms in total. The van der Waals surface area contributed by atoms with Gasteiger partial charge in [-0.1, -0.05) is 35.9 Å². The van der Waals surface area contributed by atoms with Gasteiger partial charge in [0, 0.05) is 10.6 Å². The van der Waals surface area contributed by atoms with Crippen molar-refractivity contribution < 1.29 is 19.1 Å². The van der Waals surface area contributed by atoms with E-state index in [1.807, 2.05) is 6.07 Å². The second-order valence-corrected chi connectivity index (χ2v) is 6.29. The maximum absolute atomic E-state index is 12.2. The molecular weight excluding hydrogens is 398 g/mol. The molecule has 0 aliphatic heterocycles. The second-order valence-electron chi connectivity index (χ2n) is 5.86. The van der Waals surface area contributed by atoms with Crippen LogP contribution in [0.3, 0.4) is 0 Å². The van der Waals surface area contributed by atoms with Crippen LogP contribution in [0.4, 0.5) is 0 Å². The zero-order chi connectivity index (χ0) is 20.8. The van der Waals surface area contributed by atoms with Gasteiger partial charge in [-0.2, -0.15) is 9.90 Å². The van der Waals surface area contributed by atoms with Gasteiger partial charge in [0.1, 0.15) is 0 Å². The predicted molar refractivity (Wildman–Crippen MR) is 103 cm³/mol. The molecule has 1 aromatic heterocycles. The molecule has 10 heteroatoms. The molecule has 0 bridgehead atoms. The number of hydrogen-bond acceptors (Lipinski definition) is 6. The van der Waals surface area contributed by atoms with Gasteiger partial charge in [0.15, 0.2) is 11.8 Å². The third-order valence-electron chi connectivity index (χ3n) is 3.73. The van der Waals surface area contributed by atoms with E-state index in [-0.39, 0.29) is 11.3 Å². The third kappa shape index (κ3) is 5.17. The van der Waals surface area contributed by atoms with Crippen LogP contribution in [0.5, 0.6) is 0 Å². The lowest BCUT2D eigenvalue weighted by Crippen LogP contribution is -2.46. The Morgan fingerprint density at radius 1 is 1.07 bits per heavy atom. The molecular formula is C19H16ClN5O4. The van der Waals surface area contributed by atoms with Gasteiger partial charge in [-0.3, -0.25) is 20.4 Å². The van der Waals surface area contributed by atoms with Gasteiger partial charge in [-0.05, 0) is 37.3 Å². The highest BCUT2D eigenvalue weighted by Crippen LogP contribution is 2.10. The molecule has 0 saturated heterocycles. The lowest BCUT2D eigenvalue weighted by Gasteiger charge is -2.13. The number of ether oxygens (including phenoxy) is 1. The average Bonchev–Trinajstić information content (AvgIpc) is 3.23. The van der Waals surface area contributed by atoms with Crippen molar-refractivity contribution >= 4 is 29.4 Å². The summed E-state index contributed by atoms with van der Waals surface area (Å²) in [5.41, 5.74) is 5.29. The number of amides is 2. The molecule has 1 heterocycles. The van der Waals surface area contributed by atoms with Gasteiger partial charge in [0.05, 0.1) is 11.9 Å². The molecule has 148 valence electrons. The molecule has 2 aromatic carbocycles. The third-order valence-corrected chi connectivity index (χ3v) is 3.96. The first-order valence-electron chi connectivity index (χ1n) is 8.48. The van der Waals surface area contributed by atoms with Crippen LogP contribution in [0.1, 0.15) is 27.8 Å². The summed E-state index contributed by atoms with van der Waals surface area (Å²) >= 11 is 5.82. The van der Waals surface area contributed by atoms with Crippen LogP contribution in [-0.2, 0) is 9.53 Å². The van der Waals surface area contributed by atoms with Gasteiger partial charge in [0.25, 0.3) is 11.8 Å². The van der Waals surface area contributed by atoms with Crippen molar-refractivity contribution in [3.8, 4) is 5.69 Å². The first-order chi connectivity index (χ1) is 13.9. The van der Waals surface area contributed by atoms with E-state index < -0.39 is 23.9 Å². The van der Waals surface area contributed by atoms with Crippen molar-refractivity contribution in [3.05, 3.63) is 77.1 Å². The van der Waals surface area contributed by atoms with E-state index in [0.29, 0.717) is 10.7 Å². The Labute approximate surface area is 170 Å². The summed E-state index contributed by atoms with van der Waals surface area (Å²) in [6.07, 6.45) is 0.0602. The maximum Gasteiger partial charge on any atom is 0.361 e. The zero-order valence-electron chi connectivity index (χ0n) is 15.2. The van der Waals surface area contributed by atoms with Crippen molar-refractivity contribution in [1.82, 2.24) is 25.8 Å². The first-order valence-corrected chi connectivity index (χ1v) is 8.86. The van der Waals surface area contributed by atoms with Crippen LogP contribution in [0.25, 0.3) is 5.69 Å². The molecule has 0 unspecified atom stereocenters. The Morgan fingerprint density at radius 3 is 2.55 bits per heavy atom. The molecule has 2 amide bonds. The minimum Gasteiger partial charge on any atom is -0.448 e. The Bertz CT molecular complexity index is 1040. The maximum atomic E-state index is 12.2. The van der Waals surface area contributed by atoms with E-state index in [4.69, 9.17) is 16.3 Å². The van der Waals surface area contributed by atoms with Gasteiger partial charge < -0.3 is 4.74 Å². The molecule has 0 spiro atoms. The quantitative estimate of drug-likeness (QED) is 0.487. The average molecular weight is 414 g/mol. The summed E-state index contributed by atoms with van der Waals surface area (Å²) in [4.78, 5) is 37.5. The molecule has 0 saturated carbocycles. The monoisotopic (exact) mass is 413 g/mol. The number of hydrogen-bond donors (Lipinski definition) is 2. The first kappa shape index (κ1) is 20.0. The minimum absolute atomic E-state index is 0.0588. The topological polar surface area (TPSA) is 115 Å². The summed E-state index contributed by atoms with van der Waals surface area (Å²) in [5, 5.41) is 8.41. The number of para-hydroxylation sites is 1. The zero-order valence-corrected chi connectivity index (χ0v) is 16.0. The number of halogens is 1. The molecule has 0 radical (unpaired) electrons. The summed E-state index contributed by atoms with van der Waals surface area (Å²) in [7, 11) is 0. The number of nitrogens with one attached hydrogen (secondary N) is 2. The number of carbonyl (C=O) groups is 3. The molecule has 1 atom stereocenters. The molecule has 3 aromatic rings. The molecule has 0 aliphatic carbocycles. The van der Waals surface area contributed by atoms with E-state index in [1.165, 1.54) is 30.0 Å². The van der Waals surface area contributed by atoms with Crippen LogP contribution >= 0.6 is 11.6 Å². The Kier molecular flexibility index (Phi) is 6.20. The van der Waals surface area contributed by atoms with Crippen LogP contribution in [-0.4, -0.2) is 38.9 Å². The van der Waals surface area contributed by atoms with Crippen LogP contribution in [0.2, 0.25) is 5.02 Å². The Morgan fingerprint density at radius 2 is 1.83 bits per heavy atom. The van der Waals surface area contributed by atoms with Gasteiger partial charge in [0.2, 0.25) is 0 Å². The molecule has 3 rings (SSSR count). The molecule has 2 N–H and O–H groups in total. The largest absolute Gasteiger partial charge is 0.448 e. The summed E-state index contributed by atoms with van der Waals surface area (Å²) < 4.78 is 5.07. The predicted octanol–water partition coefficient (Wildman–Crippen LogP) is 1.93. The number of nitrogens with zero attached hydrogens (tertiary/aromatic N) is 3. The lowest BCUT2D eigenvalue weighted by atomic mass is 10.2. The number of carbonyl (C=O) groups excluding carboxylic acids is 3. The fourth-order valence-electron chi connectivity index (χ4n) is 2.24. The number of aromatic nitrogens is 3. The summed E-state index contributed by atoms with van der Waals surface area (Å²) in [6.45, 7) is 1.36. The van der Waals surface area contributed by atoms with E-state index in [9.17, 15) is 14.4 Å². The lowest BCUT2D eigenvalue weighted by molar-refractivity contribution is -0.129. The van der Waals surface area contributed by atoms with E-state index in [0.717, 1.165) is 0 Å². The summed E-state index contributed by atoms with van der Waals surface area (Å²) in [6, 6.07) is 15.2. The van der Waals surface area contributed by atoms with E-state index >= 15 is 0 Å². The highest BCUT2D eigenvalue weighted by atomic mass is 35.5. The van der Waals surface area contributed by atoms with Crippen molar-refractivity contribution in [3.63, 3.8) is 0 Å². The number of esters is 1. The van der Waals surface area contributed by atoms with Crippen molar-refractivity contribution in [2.75, 3.05) is 0 Å². The normalized spacial score (nSPS) is 11.4. The number of hydrazine groups is 1. The van der Waals surface area contributed by atoms with Crippen molar-refractivity contribution in [2.24, 2.45) is 0 Å². The second kappa shape index (κ2) is 8.98. The van der Waals surface area contributed by atoms with Crippen LogP contribution < -0.4 is 10.9 Å². The van der Waals surface area contributed by atoms with Gasteiger partial charge >= 0.3 is 5.97 Å². The van der Waals surface area contributed by atoms with Gasteiger partial charge in [-0.15, -0.1) is 5.10 Å². The number of benzene rings is 2. The molecule has 0 fully saturated rings. The molecule has 29 heavy (non-hydrogen) atoms. The number of rotatable bonds is 5. The summed E-state index contributed by atoms with van der Waals surface area (Å²) in [5.74, 6) is -2.11.